The lowest BCUT2D eigenvalue weighted by molar-refractivity contribution is -0.0154. The average Bonchev–Trinajstić information content (AvgIpc) is 2.63. The van der Waals surface area contributed by atoms with Crippen LogP contribution < -0.4 is 10.6 Å². The van der Waals surface area contributed by atoms with E-state index in [-0.39, 0.29) is 0 Å². The summed E-state index contributed by atoms with van der Waals surface area (Å²) in [7, 11) is 0. The van der Waals surface area contributed by atoms with Gasteiger partial charge in [0, 0.05) is 30.9 Å². The highest BCUT2D eigenvalue weighted by Gasteiger charge is 2.45. The summed E-state index contributed by atoms with van der Waals surface area (Å²) in [5.41, 5.74) is -0.608. The minimum absolute atomic E-state index is 0.350. The molecule has 0 amide bonds. The molecule has 0 bridgehead atoms. The van der Waals surface area contributed by atoms with Gasteiger partial charge in [-0.1, -0.05) is 20.3 Å². The van der Waals surface area contributed by atoms with Crippen LogP contribution in [-0.4, -0.2) is 71.3 Å². The molecule has 0 aromatic rings. The van der Waals surface area contributed by atoms with E-state index < -0.39 is 5.60 Å². The van der Waals surface area contributed by atoms with E-state index in [1.807, 2.05) is 11.8 Å². The first-order valence-electron chi connectivity index (χ1n) is 10.2. The van der Waals surface area contributed by atoms with Crippen LogP contribution in [0.1, 0.15) is 59.3 Å². The molecule has 2 fully saturated rings. The molecule has 3 N–H and O–H groups in total. The van der Waals surface area contributed by atoms with Gasteiger partial charge in [0.05, 0.1) is 12.1 Å². The van der Waals surface area contributed by atoms with Crippen LogP contribution in [0.25, 0.3) is 0 Å². The highest BCUT2D eigenvalue weighted by Crippen LogP contribution is 2.41. The molecule has 0 radical (unpaired) electrons. The van der Waals surface area contributed by atoms with E-state index in [4.69, 9.17) is 0 Å². The van der Waals surface area contributed by atoms with Gasteiger partial charge in [-0.25, -0.2) is 0 Å². The Morgan fingerprint density at radius 2 is 2.08 bits per heavy atom. The van der Waals surface area contributed by atoms with Crippen molar-refractivity contribution in [2.75, 3.05) is 38.5 Å². The van der Waals surface area contributed by atoms with Crippen molar-refractivity contribution in [3.05, 3.63) is 0 Å². The number of nitrogens with zero attached hydrogens (tertiary/aromatic N) is 2. The van der Waals surface area contributed by atoms with Gasteiger partial charge < -0.3 is 15.7 Å². The van der Waals surface area contributed by atoms with Crippen LogP contribution >= 0.6 is 11.8 Å². The Morgan fingerprint density at radius 3 is 2.72 bits per heavy atom. The molecule has 25 heavy (non-hydrogen) atoms. The maximum atomic E-state index is 10.7. The second-order valence-corrected chi connectivity index (χ2v) is 8.78. The third kappa shape index (κ3) is 6.04. The summed E-state index contributed by atoms with van der Waals surface area (Å²) in [6, 6.07) is 0.748. The molecule has 5 nitrogen and oxygen atoms in total. The second-order valence-electron chi connectivity index (χ2n) is 7.30. The van der Waals surface area contributed by atoms with Gasteiger partial charge in [-0.05, 0) is 51.3 Å². The molecule has 146 valence electrons. The fourth-order valence-corrected chi connectivity index (χ4v) is 5.10. The molecule has 0 aromatic carbocycles. The molecular weight excluding hydrogens is 332 g/mol. The van der Waals surface area contributed by atoms with Crippen molar-refractivity contribution in [3.63, 3.8) is 0 Å². The first-order valence-corrected chi connectivity index (χ1v) is 11.3. The normalized spacial score (nSPS) is 30.8. The smallest absolute Gasteiger partial charge is 0.191 e. The van der Waals surface area contributed by atoms with Crippen LogP contribution in [0.4, 0.5) is 0 Å². The minimum Gasteiger partial charge on any atom is -0.387 e. The summed E-state index contributed by atoms with van der Waals surface area (Å²) in [5, 5.41) is 17.8. The Kier molecular flexibility index (Phi) is 8.87. The summed E-state index contributed by atoms with van der Waals surface area (Å²) >= 11 is 1.86. The summed E-state index contributed by atoms with van der Waals surface area (Å²) in [5.74, 6) is 1.90. The van der Waals surface area contributed by atoms with Gasteiger partial charge in [-0.3, -0.25) is 9.89 Å². The molecule has 1 aliphatic carbocycles. The lowest BCUT2D eigenvalue weighted by Crippen LogP contribution is -2.53. The van der Waals surface area contributed by atoms with Gasteiger partial charge in [0.2, 0.25) is 0 Å². The second kappa shape index (κ2) is 10.6. The summed E-state index contributed by atoms with van der Waals surface area (Å²) < 4.78 is 0. The van der Waals surface area contributed by atoms with Gasteiger partial charge in [-0.15, -0.1) is 0 Å². The van der Waals surface area contributed by atoms with E-state index in [0.717, 1.165) is 50.2 Å². The third-order valence-corrected chi connectivity index (χ3v) is 6.98. The van der Waals surface area contributed by atoms with E-state index in [2.05, 4.69) is 41.3 Å². The van der Waals surface area contributed by atoms with Gasteiger partial charge in [0.25, 0.3) is 0 Å². The van der Waals surface area contributed by atoms with Crippen LogP contribution in [0.3, 0.4) is 0 Å². The van der Waals surface area contributed by atoms with Crippen LogP contribution in [0.15, 0.2) is 4.99 Å². The number of hydrogen-bond acceptors (Lipinski definition) is 4. The first-order chi connectivity index (χ1) is 12.1. The van der Waals surface area contributed by atoms with Gasteiger partial charge in [0.1, 0.15) is 0 Å². The van der Waals surface area contributed by atoms with Gasteiger partial charge in [0.15, 0.2) is 5.96 Å². The van der Waals surface area contributed by atoms with Crippen molar-refractivity contribution >= 4 is 17.7 Å². The third-order valence-electron chi connectivity index (χ3n) is 5.57. The standard InChI is InChI=1S/C19H38N4OS/c1-4-16-9-7-8-13-23(16)14-12-21-18(20-5-2)22-15-19(24)11-10-17(19)25-6-3/h16-17,24H,4-15H2,1-3H3,(H2,20,21,22). The highest BCUT2D eigenvalue weighted by atomic mass is 32.2. The predicted molar refractivity (Wildman–Crippen MR) is 110 cm³/mol. The number of hydrogen-bond donors (Lipinski definition) is 3. The average molecular weight is 371 g/mol. The Balaban J connectivity index is 1.79. The molecule has 2 aliphatic rings. The zero-order valence-corrected chi connectivity index (χ0v) is 17.2. The van der Waals surface area contributed by atoms with Gasteiger partial charge in [-0.2, -0.15) is 11.8 Å². The van der Waals surface area contributed by atoms with Crippen molar-refractivity contribution in [1.29, 1.82) is 0 Å². The Bertz CT molecular complexity index is 420. The summed E-state index contributed by atoms with van der Waals surface area (Å²) in [4.78, 5) is 7.29. The van der Waals surface area contributed by atoms with Crippen molar-refractivity contribution in [1.82, 2.24) is 15.5 Å². The number of rotatable bonds is 9. The van der Waals surface area contributed by atoms with E-state index in [1.54, 1.807) is 0 Å². The van der Waals surface area contributed by atoms with Crippen LogP contribution in [0.2, 0.25) is 0 Å². The zero-order valence-electron chi connectivity index (χ0n) is 16.4. The molecule has 1 heterocycles. The largest absolute Gasteiger partial charge is 0.387 e. The van der Waals surface area contributed by atoms with E-state index in [0.29, 0.717) is 11.8 Å². The Hall–Kier alpha value is -0.460. The van der Waals surface area contributed by atoms with Crippen molar-refractivity contribution < 1.29 is 5.11 Å². The van der Waals surface area contributed by atoms with Crippen molar-refractivity contribution in [3.8, 4) is 0 Å². The predicted octanol–water partition coefficient (Wildman–Crippen LogP) is 2.45. The summed E-state index contributed by atoms with van der Waals surface area (Å²) in [6.45, 7) is 11.1. The number of thioether (sulfide) groups is 1. The fourth-order valence-electron chi connectivity index (χ4n) is 3.91. The molecular formula is C19H38N4OS. The zero-order chi connectivity index (χ0) is 18.1. The molecule has 3 atom stereocenters. The molecule has 0 spiro atoms. The maximum absolute atomic E-state index is 10.7. The molecule has 0 aromatic heterocycles. The number of nitrogens with one attached hydrogen (secondary N) is 2. The van der Waals surface area contributed by atoms with Crippen LogP contribution in [-0.2, 0) is 0 Å². The Labute approximate surface area is 158 Å². The lowest BCUT2D eigenvalue weighted by atomic mass is 9.79. The quantitative estimate of drug-likeness (QED) is 0.430. The summed E-state index contributed by atoms with van der Waals surface area (Å²) in [6.07, 6.45) is 7.28. The maximum Gasteiger partial charge on any atom is 0.191 e. The minimum atomic E-state index is -0.608. The first kappa shape index (κ1) is 20.8. The fraction of sp³-hybridized carbons (Fsp3) is 0.947. The number of piperidine rings is 1. The van der Waals surface area contributed by atoms with Crippen molar-refractivity contribution in [2.24, 2.45) is 4.99 Å². The van der Waals surface area contributed by atoms with E-state index in [1.165, 1.54) is 32.2 Å². The molecule has 1 saturated carbocycles. The number of aliphatic imine (C=N–C) groups is 1. The van der Waals surface area contributed by atoms with Crippen molar-refractivity contribution in [2.45, 2.75) is 76.2 Å². The van der Waals surface area contributed by atoms with Crippen LogP contribution in [0.5, 0.6) is 0 Å². The molecule has 1 aliphatic heterocycles. The number of aliphatic hydroxyl groups is 1. The highest BCUT2D eigenvalue weighted by molar-refractivity contribution is 8.00. The monoisotopic (exact) mass is 370 g/mol. The molecule has 2 rings (SSSR count). The topological polar surface area (TPSA) is 59.9 Å². The van der Waals surface area contributed by atoms with E-state index >= 15 is 0 Å². The molecule has 1 saturated heterocycles. The van der Waals surface area contributed by atoms with Gasteiger partial charge >= 0.3 is 0 Å². The Morgan fingerprint density at radius 1 is 1.24 bits per heavy atom. The van der Waals surface area contributed by atoms with E-state index in [9.17, 15) is 5.11 Å². The lowest BCUT2D eigenvalue weighted by Gasteiger charge is -2.44. The number of likely N-dealkylation sites (tertiary alicyclic amines) is 1. The molecule has 3 unspecified atom stereocenters. The van der Waals surface area contributed by atoms with Crippen LogP contribution in [0, 0.1) is 0 Å². The SMILES string of the molecule is CCNC(=NCC1(O)CCC1SCC)NCCN1CCCCC1CC. The molecule has 6 heteroatoms. The number of guanidine groups is 1.